The molecule has 0 saturated carbocycles. The highest BCUT2D eigenvalue weighted by Crippen LogP contribution is 2.13. The molecule has 1 fully saturated rings. The van der Waals surface area contributed by atoms with Gasteiger partial charge in [0.15, 0.2) is 0 Å². The van der Waals surface area contributed by atoms with Crippen molar-refractivity contribution in [3.05, 3.63) is 35.4 Å². The lowest BCUT2D eigenvalue weighted by Gasteiger charge is -2.22. The number of hydrogen-bond acceptors (Lipinski definition) is 3. The number of benzene rings is 1. The van der Waals surface area contributed by atoms with Crippen LogP contribution in [-0.4, -0.2) is 49.6 Å². The fourth-order valence-electron chi connectivity index (χ4n) is 2.78. The van der Waals surface area contributed by atoms with Gasteiger partial charge in [0.05, 0.1) is 0 Å². The molecule has 1 aromatic rings. The first kappa shape index (κ1) is 15.5. The van der Waals surface area contributed by atoms with Crippen molar-refractivity contribution >= 4 is 0 Å². The number of rotatable bonds is 6. The molecule has 0 atom stereocenters. The Labute approximate surface area is 124 Å². The third-order valence-electron chi connectivity index (χ3n) is 4.07. The summed E-state index contributed by atoms with van der Waals surface area (Å²) in [7, 11) is 2.23. The molecule has 1 aliphatic rings. The van der Waals surface area contributed by atoms with Crippen molar-refractivity contribution < 1.29 is 0 Å². The minimum absolute atomic E-state index is 0.998. The standard InChI is InChI=1S/C17H29N3/c1-3-9-18-14-16-7-4-5-8-17(16)15-20-11-6-10-19(2)12-13-20/h4-5,7-8,18H,3,6,9-15H2,1-2H3. The van der Waals surface area contributed by atoms with Crippen LogP contribution in [0.25, 0.3) is 0 Å². The second kappa shape index (κ2) is 8.40. The Balaban J connectivity index is 1.93. The maximum atomic E-state index is 3.52. The first-order valence-corrected chi connectivity index (χ1v) is 7.98. The predicted octanol–water partition coefficient (Wildman–Crippen LogP) is 2.32. The zero-order valence-corrected chi connectivity index (χ0v) is 13.1. The van der Waals surface area contributed by atoms with Crippen molar-refractivity contribution in [1.29, 1.82) is 0 Å². The molecule has 20 heavy (non-hydrogen) atoms. The lowest BCUT2D eigenvalue weighted by atomic mass is 10.1. The molecule has 0 aliphatic carbocycles. The minimum Gasteiger partial charge on any atom is -0.313 e. The van der Waals surface area contributed by atoms with Crippen LogP contribution in [-0.2, 0) is 13.1 Å². The van der Waals surface area contributed by atoms with Crippen LogP contribution in [0, 0.1) is 0 Å². The van der Waals surface area contributed by atoms with Gasteiger partial charge in [-0.3, -0.25) is 4.90 Å². The molecule has 0 amide bonds. The fourth-order valence-corrected chi connectivity index (χ4v) is 2.78. The van der Waals surface area contributed by atoms with Gasteiger partial charge in [-0.2, -0.15) is 0 Å². The molecule has 0 unspecified atom stereocenters. The molecule has 3 heteroatoms. The van der Waals surface area contributed by atoms with Gasteiger partial charge in [-0.15, -0.1) is 0 Å². The molecule has 1 saturated heterocycles. The van der Waals surface area contributed by atoms with E-state index in [2.05, 4.69) is 53.4 Å². The highest BCUT2D eigenvalue weighted by molar-refractivity contribution is 5.27. The SMILES string of the molecule is CCCNCc1ccccc1CN1CCCN(C)CC1. The molecule has 2 rings (SSSR count). The summed E-state index contributed by atoms with van der Waals surface area (Å²) in [4.78, 5) is 5.04. The number of hydrogen-bond donors (Lipinski definition) is 1. The third-order valence-corrected chi connectivity index (χ3v) is 4.07. The van der Waals surface area contributed by atoms with Crippen molar-refractivity contribution in [1.82, 2.24) is 15.1 Å². The molecule has 1 N–H and O–H groups in total. The molecular weight excluding hydrogens is 246 g/mol. The highest BCUT2D eigenvalue weighted by Gasteiger charge is 2.13. The van der Waals surface area contributed by atoms with E-state index >= 15 is 0 Å². The molecule has 1 heterocycles. The van der Waals surface area contributed by atoms with Gasteiger partial charge < -0.3 is 10.2 Å². The number of nitrogens with zero attached hydrogens (tertiary/aromatic N) is 2. The molecule has 3 nitrogen and oxygen atoms in total. The van der Waals surface area contributed by atoms with E-state index in [1.165, 1.54) is 50.1 Å². The van der Waals surface area contributed by atoms with E-state index in [0.717, 1.165) is 19.6 Å². The van der Waals surface area contributed by atoms with Gasteiger partial charge >= 0.3 is 0 Å². The van der Waals surface area contributed by atoms with Gasteiger partial charge in [0.1, 0.15) is 0 Å². The summed E-state index contributed by atoms with van der Waals surface area (Å²) in [6.07, 6.45) is 2.48. The van der Waals surface area contributed by atoms with Gasteiger partial charge in [0, 0.05) is 26.2 Å². The smallest absolute Gasteiger partial charge is 0.0237 e. The summed E-state index contributed by atoms with van der Waals surface area (Å²) in [6, 6.07) is 8.88. The van der Waals surface area contributed by atoms with Crippen LogP contribution in [0.3, 0.4) is 0 Å². The van der Waals surface area contributed by atoms with Crippen molar-refractivity contribution in [3.8, 4) is 0 Å². The van der Waals surface area contributed by atoms with E-state index in [1.54, 1.807) is 0 Å². The summed E-state index contributed by atoms with van der Waals surface area (Å²) >= 11 is 0. The Hall–Kier alpha value is -0.900. The Morgan fingerprint density at radius 3 is 2.65 bits per heavy atom. The second-order valence-electron chi connectivity index (χ2n) is 5.88. The number of nitrogens with one attached hydrogen (secondary N) is 1. The third kappa shape index (κ3) is 4.89. The van der Waals surface area contributed by atoms with Crippen molar-refractivity contribution in [3.63, 3.8) is 0 Å². The average Bonchev–Trinajstić information content (AvgIpc) is 2.66. The topological polar surface area (TPSA) is 18.5 Å². The lowest BCUT2D eigenvalue weighted by molar-refractivity contribution is 0.268. The van der Waals surface area contributed by atoms with Gasteiger partial charge in [-0.25, -0.2) is 0 Å². The largest absolute Gasteiger partial charge is 0.313 e. The van der Waals surface area contributed by atoms with Crippen LogP contribution in [0.5, 0.6) is 0 Å². The van der Waals surface area contributed by atoms with E-state index < -0.39 is 0 Å². The van der Waals surface area contributed by atoms with Gasteiger partial charge in [0.25, 0.3) is 0 Å². The van der Waals surface area contributed by atoms with Crippen LogP contribution in [0.1, 0.15) is 30.9 Å². The van der Waals surface area contributed by atoms with Crippen LogP contribution in [0.15, 0.2) is 24.3 Å². The number of likely N-dealkylation sites (N-methyl/N-ethyl adjacent to an activating group) is 1. The van der Waals surface area contributed by atoms with Crippen LogP contribution < -0.4 is 5.32 Å². The van der Waals surface area contributed by atoms with Crippen LogP contribution in [0.4, 0.5) is 0 Å². The van der Waals surface area contributed by atoms with E-state index in [1.807, 2.05) is 0 Å². The first-order valence-electron chi connectivity index (χ1n) is 7.98. The Morgan fingerprint density at radius 1 is 1.05 bits per heavy atom. The zero-order chi connectivity index (χ0) is 14.2. The molecule has 0 bridgehead atoms. The highest BCUT2D eigenvalue weighted by atomic mass is 15.2. The zero-order valence-electron chi connectivity index (χ0n) is 13.1. The van der Waals surface area contributed by atoms with Gasteiger partial charge in [-0.1, -0.05) is 31.2 Å². The van der Waals surface area contributed by atoms with Crippen molar-refractivity contribution in [2.24, 2.45) is 0 Å². The quantitative estimate of drug-likeness (QED) is 0.804. The molecule has 112 valence electrons. The Kier molecular flexibility index (Phi) is 6.51. The summed E-state index contributed by atoms with van der Waals surface area (Å²) in [5.74, 6) is 0. The van der Waals surface area contributed by atoms with E-state index in [-0.39, 0.29) is 0 Å². The van der Waals surface area contributed by atoms with Crippen molar-refractivity contribution in [2.75, 3.05) is 39.8 Å². The Bertz CT molecular complexity index is 392. The maximum absolute atomic E-state index is 3.52. The monoisotopic (exact) mass is 275 g/mol. The summed E-state index contributed by atoms with van der Waals surface area (Å²) in [5.41, 5.74) is 2.94. The minimum atomic E-state index is 0.998. The molecule has 0 aromatic heterocycles. The molecular formula is C17H29N3. The molecule has 0 spiro atoms. The van der Waals surface area contributed by atoms with Gasteiger partial charge in [-0.05, 0) is 50.7 Å². The van der Waals surface area contributed by atoms with E-state index in [4.69, 9.17) is 0 Å². The summed E-state index contributed by atoms with van der Waals surface area (Å²) in [5, 5.41) is 3.52. The first-order chi connectivity index (χ1) is 9.79. The lowest BCUT2D eigenvalue weighted by Crippen LogP contribution is -2.29. The van der Waals surface area contributed by atoms with Gasteiger partial charge in [0.2, 0.25) is 0 Å². The molecule has 1 aliphatic heterocycles. The normalized spacial score (nSPS) is 18.1. The molecule has 0 radical (unpaired) electrons. The van der Waals surface area contributed by atoms with Crippen LogP contribution in [0.2, 0.25) is 0 Å². The second-order valence-corrected chi connectivity index (χ2v) is 5.88. The summed E-state index contributed by atoms with van der Waals surface area (Å²) in [6.45, 7) is 10.2. The van der Waals surface area contributed by atoms with E-state index in [0.29, 0.717) is 0 Å². The van der Waals surface area contributed by atoms with Crippen LogP contribution >= 0.6 is 0 Å². The average molecular weight is 275 g/mol. The predicted molar refractivity (Wildman–Crippen MR) is 85.8 cm³/mol. The maximum Gasteiger partial charge on any atom is 0.0237 e. The Morgan fingerprint density at radius 2 is 1.85 bits per heavy atom. The van der Waals surface area contributed by atoms with E-state index in [9.17, 15) is 0 Å². The fraction of sp³-hybridized carbons (Fsp3) is 0.647. The summed E-state index contributed by atoms with van der Waals surface area (Å²) < 4.78 is 0. The van der Waals surface area contributed by atoms with Crippen molar-refractivity contribution in [2.45, 2.75) is 32.9 Å². The molecule has 1 aromatic carbocycles.